The van der Waals surface area contributed by atoms with E-state index in [1.54, 1.807) is 0 Å². The van der Waals surface area contributed by atoms with Crippen LogP contribution >= 0.6 is 12.6 Å². The molecular weight excluding hydrogens is 208 g/mol. The lowest BCUT2D eigenvalue weighted by Gasteiger charge is -2.07. The highest BCUT2D eigenvalue weighted by molar-refractivity contribution is 7.80. The Labute approximate surface area is 94.2 Å². The van der Waals surface area contributed by atoms with Crippen molar-refractivity contribution in [2.45, 2.75) is 13.0 Å². The molecule has 4 heteroatoms. The number of aromatic nitrogens is 2. The van der Waals surface area contributed by atoms with Gasteiger partial charge in [-0.25, -0.2) is 4.98 Å². The molecule has 0 fully saturated rings. The first-order chi connectivity index (χ1) is 7.13. The van der Waals surface area contributed by atoms with Crippen molar-refractivity contribution in [1.82, 2.24) is 9.55 Å². The van der Waals surface area contributed by atoms with Gasteiger partial charge in [0, 0.05) is 12.8 Å². The summed E-state index contributed by atoms with van der Waals surface area (Å²) in [4.78, 5) is 4.42. The van der Waals surface area contributed by atoms with Gasteiger partial charge in [-0.3, -0.25) is 0 Å². The first-order valence-electron chi connectivity index (χ1n) is 4.85. The smallest absolute Gasteiger partial charge is 0.106 e. The van der Waals surface area contributed by atoms with Crippen LogP contribution in [0.2, 0.25) is 0 Å². The van der Waals surface area contributed by atoms with Crippen molar-refractivity contribution in [3.8, 4) is 0 Å². The molecule has 2 aromatic rings. The zero-order valence-electron chi connectivity index (χ0n) is 8.81. The predicted octanol–water partition coefficient (Wildman–Crippen LogP) is 1.84. The number of imidazole rings is 1. The molecular formula is C11H14N2OS. The van der Waals surface area contributed by atoms with Gasteiger partial charge in [0.15, 0.2) is 0 Å². The minimum atomic E-state index is -0.514. The maximum Gasteiger partial charge on any atom is 0.106 e. The lowest BCUT2D eigenvalue weighted by Crippen LogP contribution is -1.98. The summed E-state index contributed by atoms with van der Waals surface area (Å²) in [5.41, 5.74) is 2.88. The molecule has 0 spiro atoms. The number of aliphatic hydroxyl groups excluding tert-OH is 1. The summed E-state index contributed by atoms with van der Waals surface area (Å²) in [6.45, 7) is 1.97. The van der Waals surface area contributed by atoms with E-state index in [9.17, 15) is 5.11 Å². The fraction of sp³-hybridized carbons (Fsp3) is 0.364. The number of nitrogens with zero attached hydrogens (tertiary/aromatic N) is 2. The standard InChI is InChI=1S/C11H14N2OS/c1-7-12-9-5-8(11(14)6-15)3-4-10(9)13(7)2/h3-5,11,14-15H,6H2,1-2H3. The van der Waals surface area contributed by atoms with Crippen LogP contribution < -0.4 is 0 Å². The maximum atomic E-state index is 9.65. The Morgan fingerprint density at radius 1 is 1.53 bits per heavy atom. The highest BCUT2D eigenvalue weighted by Gasteiger charge is 2.09. The van der Waals surface area contributed by atoms with E-state index in [0.29, 0.717) is 5.75 Å². The fourth-order valence-corrected chi connectivity index (χ4v) is 1.86. The molecule has 15 heavy (non-hydrogen) atoms. The third kappa shape index (κ3) is 1.75. The summed E-state index contributed by atoms with van der Waals surface area (Å²) in [7, 11) is 1.99. The second kappa shape index (κ2) is 3.87. The van der Waals surface area contributed by atoms with Gasteiger partial charge < -0.3 is 9.67 Å². The first-order valence-corrected chi connectivity index (χ1v) is 5.48. The van der Waals surface area contributed by atoms with Crippen molar-refractivity contribution >= 4 is 23.7 Å². The Kier molecular flexibility index (Phi) is 2.71. The Balaban J connectivity index is 2.57. The van der Waals surface area contributed by atoms with Crippen molar-refractivity contribution in [2.75, 3.05) is 5.75 Å². The largest absolute Gasteiger partial charge is 0.388 e. The topological polar surface area (TPSA) is 38.1 Å². The van der Waals surface area contributed by atoms with E-state index in [1.165, 1.54) is 0 Å². The molecule has 1 atom stereocenters. The molecule has 0 aliphatic rings. The predicted molar refractivity (Wildman–Crippen MR) is 64.3 cm³/mol. The molecule has 2 rings (SSSR count). The number of hydrogen-bond donors (Lipinski definition) is 2. The van der Waals surface area contributed by atoms with E-state index in [2.05, 4.69) is 17.6 Å². The minimum absolute atomic E-state index is 0.428. The van der Waals surface area contributed by atoms with E-state index in [4.69, 9.17) is 0 Å². The molecule has 0 saturated heterocycles. The van der Waals surface area contributed by atoms with Gasteiger partial charge in [-0.05, 0) is 24.6 Å². The summed E-state index contributed by atoms with van der Waals surface area (Å²) in [5.74, 6) is 1.40. The molecule has 3 nitrogen and oxygen atoms in total. The highest BCUT2D eigenvalue weighted by Crippen LogP contribution is 2.21. The van der Waals surface area contributed by atoms with E-state index < -0.39 is 6.10 Å². The van der Waals surface area contributed by atoms with Gasteiger partial charge in [-0.15, -0.1) is 0 Å². The molecule has 1 unspecified atom stereocenters. The molecule has 0 bridgehead atoms. The van der Waals surface area contributed by atoms with Crippen LogP contribution in [0, 0.1) is 6.92 Å². The van der Waals surface area contributed by atoms with Crippen molar-refractivity contribution < 1.29 is 5.11 Å². The summed E-state index contributed by atoms with van der Waals surface area (Å²) < 4.78 is 2.03. The van der Waals surface area contributed by atoms with Gasteiger partial charge in [-0.2, -0.15) is 12.6 Å². The van der Waals surface area contributed by atoms with Crippen molar-refractivity contribution in [3.05, 3.63) is 29.6 Å². The molecule has 1 N–H and O–H groups in total. The Morgan fingerprint density at radius 2 is 2.27 bits per heavy atom. The summed E-state index contributed by atoms with van der Waals surface area (Å²) in [5, 5.41) is 9.65. The maximum absolute atomic E-state index is 9.65. The van der Waals surface area contributed by atoms with Crippen LogP contribution in [-0.2, 0) is 7.05 Å². The normalized spacial score (nSPS) is 13.3. The number of benzene rings is 1. The van der Waals surface area contributed by atoms with Crippen molar-refractivity contribution in [2.24, 2.45) is 7.05 Å². The van der Waals surface area contributed by atoms with Crippen molar-refractivity contribution in [1.29, 1.82) is 0 Å². The summed E-state index contributed by atoms with van der Waals surface area (Å²) >= 11 is 4.07. The molecule has 1 aromatic heterocycles. The average Bonchev–Trinajstić information content (AvgIpc) is 2.53. The first kappa shape index (κ1) is 10.5. The van der Waals surface area contributed by atoms with Crippen LogP contribution in [0.15, 0.2) is 18.2 Å². The summed E-state index contributed by atoms with van der Waals surface area (Å²) in [6.07, 6.45) is -0.514. The molecule has 1 aromatic carbocycles. The van der Waals surface area contributed by atoms with Gasteiger partial charge in [0.1, 0.15) is 5.82 Å². The number of rotatable bonds is 2. The van der Waals surface area contributed by atoms with Crippen LogP contribution in [0.25, 0.3) is 11.0 Å². The Bertz CT molecular complexity index is 493. The third-order valence-electron chi connectivity index (χ3n) is 2.69. The molecule has 1 heterocycles. The van der Waals surface area contributed by atoms with Gasteiger partial charge in [-0.1, -0.05) is 6.07 Å². The molecule has 0 saturated carbocycles. The zero-order chi connectivity index (χ0) is 11.0. The van der Waals surface area contributed by atoms with Gasteiger partial charge in [0.25, 0.3) is 0 Å². The van der Waals surface area contributed by atoms with Crippen LogP contribution in [0.5, 0.6) is 0 Å². The number of hydrogen-bond acceptors (Lipinski definition) is 3. The average molecular weight is 222 g/mol. The van der Waals surface area contributed by atoms with E-state index >= 15 is 0 Å². The lowest BCUT2D eigenvalue weighted by molar-refractivity contribution is 0.204. The van der Waals surface area contributed by atoms with Crippen molar-refractivity contribution in [3.63, 3.8) is 0 Å². The lowest BCUT2D eigenvalue weighted by atomic mass is 10.1. The molecule has 0 aliphatic carbocycles. The second-order valence-electron chi connectivity index (χ2n) is 3.66. The van der Waals surface area contributed by atoms with Crippen LogP contribution in [0.1, 0.15) is 17.5 Å². The Hall–Kier alpha value is -1.00. The fourth-order valence-electron chi connectivity index (χ4n) is 1.65. The van der Waals surface area contributed by atoms with E-state index in [0.717, 1.165) is 22.4 Å². The van der Waals surface area contributed by atoms with E-state index in [1.807, 2.05) is 36.7 Å². The molecule has 0 aliphatic heterocycles. The molecule has 80 valence electrons. The monoisotopic (exact) mass is 222 g/mol. The highest BCUT2D eigenvalue weighted by atomic mass is 32.1. The zero-order valence-corrected chi connectivity index (χ0v) is 9.70. The van der Waals surface area contributed by atoms with Gasteiger partial charge in [0.2, 0.25) is 0 Å². The SMILES string of the molecule is Cc1nc2cc(C(O)CS)ccc2n1C. The minimum Gasteiger partial charge on any atom is -0.388 e. The number of aliphatic hydroxyl groups is 1. The van der Waals surface area contributed by atoms with E-state index in [-0.39, 0.29) is 0 Å². The number of thiol groups is 1. The van der Waals surface area contributed by atoms with Crippen LogP contribution in [-0.4, -0.2) is 20.4 Å². The van der Waals surface area contributed by atoms with Gasteiger partial charge in [0.05, 0.1) is 17.1 Å². The molecule has 0 radical (unpaired) electrons. The second-order valence-corrected chi connectivity index (χ2v) is 4.03. The van der Waals surface area contributed by atoms with Gasteiger partial charge >= 0.3 is 0 Å². The quantitative estimate of drug-likeness (QED) is 0.761. The number of aryl methyl sites for hydroxylation is 2. The molecule has 0 amide bonds. The van der Waals surface area contributed by atoms with Crippen LogP contribution in [0.4, 0.5) is 0 Å². The number of fused-ring (bicyclic) bond motifs is 1. The third-order valence-corrected chi connectivity index (χ3v) is 3.03. The summed E-state index contributed by atoms with van der Waals surface area (Å²) in [6, 6.07) is 5.82. The Morgan fingerprint density at radius 3 is 2.93 bits per heavy atom. The van der Waals surface area contributed by atoms with Crippen LogP contribution in [0.3, 0.4) is 0 Å².